The Balaban J connectivity index is 4.65. The van der Waals surface area contributed by atoms with Gasteiger partial charge in [0.15, 0.2) is 0 Å². The van der Waals surface area contributed by atoms with Crippen LogP contribution in [0, 0.1) is 11.8 Å². The molecule has 0 aromatic rings. The minimum Gasteiger partial charge on any atom is -0.392 e. The summed E-state index contributed by atoms with van der Waals surface area (Å²) in [7, 11) is 1.97. The van der Waals surface area contributed by atoms with Crippen LogP contribution in [0.15, 0.2) is 0 Å². The molecule has 0 bridgehead atoms. The van der Waals surface area contributed by atoms with Crippen LogP contribution >= 0.6 is 0 Å². The molecule has 0 rings (SSSR count). The molecule has 0 saturated carbocycles. The molecule has 242 valence electrons. The first-order valence-corrected chi connectivity index (χ1v) is 17.5. The van der Waals surface area contributed by atoms with Gasteiger partial charge in [0, 0.05) is 45.9 Å². The lowest BCUT2D eigenvalue weighted by molar-refractivity contribution is 0.0217. The summed E-state index contributed by atoms with van der Waals surface area (Å²) in [4.78, 5) is 4.63. The van der Waals surface area contributed by atoms with Crippen molar-refractivity contribution in [1.82, 2.24) is 15.1 Å². The third kappa shape index (κ3) is 23.3. The summed E-state index contributed by atoms with van der Waals surface area (Å²) in [5.74, 6) is 0.568. The normalized spacial score (nSPS) is 15.2. The molecule has 6 heteroatoms. The SMILES string of the molecule is CCCCCCCCCCC(C)C(O)CN(CCN(CCN)CNC)CC(O)C(C)CCCCCCCCCC. The highest BCUT2D eigenvalue weighted by molar-refractivity contribution is 4.76. The maximum atomic E-state index is 11.1. The molecule has 0 aliphatic carbocycles. The molecule has 4 unspecified atom stereocenters. The van der Waals surface area contributed by atoms with Crippen LogP contribution in [0.25, 0.3) is 0 Å². The molecule has 0 fully saturated rings. The summed E-state index contributed by atoms with van der Waals surface area (Å²) in [6.45, 7) is 14.2. The van der Waals surface area contributed by atoms with Crippen molar-refractivity contribution >= 4 is 0 Å². The van der Waals surface area contributed by atoms with Gasteiger partial charge >= 0.3 is 0 Å². The second-order valence-corrected chi connectivity index (χ2v) is 12.8. The van der Waals surface area contributed by atoms with E-state index in [-0.39, 0.29) is 24.0 Å². The van der Waals surface area contributed by atoms with E-state index >= 15 is 0 Å². The summed E-state index contributed by atoms with van der Waals surface area (Å²) < 4.78 is 0. The van der Waals surface area contributed by atoms with Crippen molar-refractivity contribution in [3.05, 3.63) is 0 Å². The fourth-order valence-electron chi connectivity index (χ4n) is 5.69. The zero-order chi connectivity index (χ0) is 29.8. The van der Waals surface area contributed by atoms with E-state index in [9.17, 15) is 10.2 Å². The van der Waals surface area contributed by atoms with Crippen molar-refractivity contribution in [3.63, 3.8) is 0 Å². The summed E-state index contributed by atoms with van der Waals surface area (Å²) >= 11 is 0. The van der Waals surface area contributed by atoms with E-state index in [1.807, 2.05) is 7.05 Å². The average Bonchev–Trinajstić information content (AvgIpc) is 2.94. The molecule has 0 aliphatic heterocycles. The second kappa shape index (κ2) is 28.9. The number of rotatable bonds is 31. The van der Waals surface area contributed by atoms with E-state index in [0.29, 0.717) is 19.6 Å². The van der Waals surface area contributed by atoms with Crippen LogP contribution in [0.3, 0.4) is 0 Å². The van der Waals surface area contributed by atoms with E-state index in [4.69, 9.17) is 5.73 Å². The van der Waals surface area contributed by atoms with Crippen LogP contribution in [-0.4, -0.2) is 85.2 Å². The van der Waals surface area contributed by atoms with Crippen LogP contribution in [0.1, 0.15) is 143 Å². The van der Waals surface area contributed by atoms with Crippen molar-refractivity contribution in [2.75, 3.05) is 53.0 Å². The van der Waals surface area contributed by atoms with Crippen molar-refractivity contribution in [2.45, 2.75) is 155 Å². The molecule has 0 spiro atoms. The first-order chi connectivity index (χ1) is 19.4. The lowest BCUT2D eigenvalue weighted by atomic mass is 9.94. The Morgan fingerprint density at radius 1 is 0.575 bits per heavy atom. The minimum atomic E-state index is -0.355. The van der Waals surface area contributed by atoms with Crippen LogP contribution < -0.4 is 11.1 Å². The van der Waals surface area contributed by atoms with Gasteiger partial charge in [-0.05, 0) is 31.7 Å². The molecule has 6 nitrogen and oxygen atoms in total. The van der Waals surface area contributed by atoms with E-state index < -0.39 is 0 Å². The summed E-state index contributed by atoms with van der Waals surface area (Å²) in [5.41, 5.74) is 5.84. The quantitative estimate of drug-likeness (QED) is 0.0543. The number of unbranched alkanes of at least 4 members (excludes halogenated alkanes) is 14. The topological polar surface area (TPSA) is 85.0 Å². The Kier molecular flexibility index (Phi) is 28.7. The highest BCUT2D eigenvalue weighted by Crippen LogP contribution is 2.19. The summed E-state index contributed by atoms with van der Waals surface area (Å²) in [6, 6.07) is 0. The van der Waals surface area contributed by atoms with Gasteiger partial charge in [-0.25, -0.2) is 0 Å². The first kappa shape index (κ1) is 39.8. The number of aliphatic hydroxyl groups is 2. The van der Waals surface area contributed by atoms with Crippen LogP contribution in [0.4, 0.5) is 0 Å². The molecule has 40 heavy (non-hydrogen) atoms. The molecule has 0 aliphatic rings. The lowest BCUT2D eigenvalue weighted by Crippen LogP contribution is -2.46. The third-order valence-corrected chi connectivity index (χ3v) is 8.79. The Labute approximate surface area is 251 Å². The molecular weight excluding hydrogens is 496 g/mol. The Morgan fingerprint density at radius 2 is 0.950 bits per heavy atom. The zero-order valence-corrected chi connectivity index (χ0v) is 27.9. The first-order valence-electron chi connectivity index (χ1n) is 17.5. The van der Waals surface area contributed by atoms with Gasteiger partial charge in [-0.2, -0.15) is 0 Å². The van der Waals surface area contributed by atoms with E-state index in [2.05, 4.69) is 42.8 Å². The molecule has 4 atom stereocenters. The van der Waals surface area contributed by atoms with Crippen molar-refractivity contribution in [3.8, 4) is 0 Å². The fourth-order valence-corrected chi connectivity index (χ4v) is 5.69. The molecule has 0 radical (unpaired) electrons. The van der Waals surface area contributed by atoms with Gasteiger partial charge in [-0.3, -0.25) is 9.80 Å². The van der Waals surface area contributed by atoms with Gasteiger partial charge in [0.1, 0.15) is 0 Å². The van der Waals surface area contributed by atoms with Crippen molar-refractivity contribution in [2.24, 2.45) is 17.6 Å². The lowest BCUT2D eigenvalue weighted by Gasteiger charge is -2.33. The highest BCUT2D eigenvalue weighted by Gasteiger charge is 2.23. The van der Waals surface area contributed by atoms with E-state index in [0.717, 1.165) is 39.1 Å². The van der Waals surface area contributed by atoms with Gasteiger partial charge < -0.3 is 21.3 Å². The van der Waals surface area contributed by atoms with E-state index in [1.54, 1.807) is 0 Å². The maximum absolute atomic E-state index is 11.1. The Hall–Kier alpha value is -0.240. The average molecular weight is 571 g/mol. The predicted molar refractivity (Wildman–Crippen MR) is 176 cm³/mol. The number of aliphatic hydroxyl groups excluding tert-OH is 2. The van der Waals surface area contributed by atoms with Gasteiger partial charge in [-0.15, -0.1) is 0 Å². The minimum absolute atomic E-state index is 0.284. The predicted octanol–water partition coefficient (Wildman–Crippen LogP) is 6.78. The van der Waals surface area contributed by atoms with Gasteiger partial charge in [0.25, 0.3) is 0 Å². The smallest absolute Gasteiger partial charge is 0.0692 e. The standard InChI is InChI=1S/C34H74N4O2/c1-6-8-10-12-14-16-18-20-22-31(3)33(39)28-38(27-26-37(25-24-35)30-36-5)29-34(40)32(4)23-21-19-17-15-13-11-9-7-2/h31-34,36,39-40H,6-30,35H2,1-5H3. The molecule has 0 aromatic heterocycles. The van der Waals surface area contributed by atoms with Gasteiger partial charge in [0.2, 0.25) is 0 Å². The summed E-state index contributed by atoms with van der Waals surface area (Å²) in [5, 5.41) is 25.5. The van der Waals surface area contributed by atoms with Crippen LogP contribution in [-0.2, 0) is 0 Å². The van der Waals surface area contributed by atoms with Crippen LogP contribution in [0.2, 0.25) is 0 Å². The van der Waals surface area contributed by atoms with Crippen molar-refractivity contribution in [1.29, 1.82) is 0 Å². The molecule has 5 N–H and O–H groups in total. The number of hydrogen-bond donors (Lipinski definition) is 4. The molecule has 0 aromatic carbocycles. The number of nitrogens with one attached hydrogen (secondary N) is 1. The van der Waals surface area contributed by atoms with E-state index in [1.165, 1.54) is 103 Å². The zero-order valence-electron chi connectivity index (χ0n) is 27.9. The fraction of sp³-hybridized carbons (Fsp3) is 1.00. The van der Waals surface area contributed by atoms with Gasteiger partial charge in [0.05, 0.1) is 12.2 Å². The highest BCUT2D eigenvalue weighted by atomic mass is 16.3. The second-order valence-electron chi connectivity index (χ2n) is 12.8. The molecule has 0 heterocycles. The number of nitrogens with two attached hydrogens (primary N) is 1. The summed E-state index contributed by atoms with van der Waals surface area (Å²) in [6.07, 6.45) is 22.6. The monoisotopic (exact) mass is 571 g/mol. The van der Waals surface area contributed by atoms with Gasteiger partial charge in [-0.1, -0.05) is 130 Å². The molecule has 0 amide bonds. The van der Waals surface area contributed by atoms with Crippen LogP contribution in [0.5, 0.6) is 0 Å². The number of hydrogen-bond acceptors (Lipinski definition) is 6. The number of nitrogens with zero attached hydrogens (tertiary/aromatic N) is 2. The Bertz CT molecular complexity index is 470. The molecule has 0 saturated heterocycles. The Morgan fingerprint density at radius 3 is 1.32 bits per heavy atom. The van der Waals surface area contributed by atoms with Crippen molar-refractivity contribution < 1.29 is 10.2 Å². The molecular formula is C34H74N4O2. The largest absolute Gasteiger partial charge is 0.392 e. The maximum Gasteiger partial charge on any atom is 0.0692 e. The third-order valence-electron chi connectivity index (χ3n) is 8.79.